The fourth-order valence-electron chi connectivity index (χ4n) is 2.91. The normalized spacial score (nSPS) is 15.1. The highest BCUT2D eigenvalue weighted by Crippen LogP contribution is 2.32. The lowest BCUT2D eigenvalue weighted by atomic mass is 9.96. The number of halogens is 4. The summed E-state index contributed by atoms with van der Waals surface area (Å²) < 4.78 is 38.9. The molecule has 27 heavy (non-hydrogen) atoms. The first-order valence-corrected chi connectivity index (χ1v) is 8.30. The van der Waals surface area contributed by atoms with Gasteiger partial charge in [0.25, 0.3) is 0 Å². The quantitative estimate of drug-likeness (QED) is 0.807. The molecule has 0 aliphatic carbocycles. The maximum absolute atomic E-state index is 13.0. The summed E-state index contributed by atoms with van der Waals surface area (Å²) in [5.41, 5.74) is 4.98. The van der Waals surface area contributed by atoms with E-state index >= 15 is 0 Å². The number of nitrogens with two attached hydrogens (primary N) is 1. The highest BCUT2D eigenvalue weighted by molar-refractivity contribution is 5.93. The number of nitrogens with zero attached hydrogens (tertiary/aromatic N) is 2. The lowest BCUT2D eigenvalue weighted by molar-refractivity contribution is -0.137. The Morgan fingerprint density at radius 3 is 2.30 bits per heavy atom. The van der Waals surface area contributed by atoms with Gasteiger partial charge in [0.1, 0.15) is 0 Å². The number of rotatable bonds is 3. The topological polar surface area (TPSA) is 78.7 Å². The van der Waals surface area contributed by atoms with Crippen LogP contribution in [0.2, 0.25) is 0 Å². The Kier molecular flexibility index (Phi) is 7.91. The average Bonchev–Trinajstić information content (AvgIpc) is 2.60. The van der Waals surface area contributed by atoms with Gasteiger partial charge in [-0.05, 0) is 36.6 Å². The monoisotopic (exact) mass is 408 g/mol. The third-order valence-electron chi connectivity index (χ3n) is 4.34. The molecule has 1 heterocycles. The fourth-order valence-corrected chi connectivity index (χ4v) is 2.91. The van der Waals surface area contributed by atoms with Gasteiger partial charge in [-0.15, -0.1) is 12.4 Å². The van der Waals surface area contributed by atoms with Crippen molar-refractivity contribution in [2.75, 3.05) is 32.5 Å². The molecule has 152 valence electrons. The summed E-state index contributed by atoms with van der Waals surface area (Å²) in [5, 5.41) is 2.56. The van der Waals surface area contributed by atoms with Gasteiger partial charge in [0.15, 0.2) is 0 Å². The first-order valence-electron chi connectivity index (χ1n) is 8.30. The summed E-state index contributed by atoms with van der Waals surface area (Å²) in [6.45, 7) is 0.815. The van der Waals surface area contributed by atoms with Crippen LogP contribution in [0.15, 0.2) is 18.2 Å². The number of hydrogen-bond donors (Lipinski definition) is 2. The molecule has 1 fully saturated rings. The summed E-state index contributed by atoms with van der Waals surface area (Å²) in [5.74, 6) is -0.693. The molecule has 1 aliphatic heterocycles. The molecule has 0 atom stereocenters. The summed E-state index contributed by atoms with van der Waals surface area (Å²) >= 11 is 0. The highest BCUT2D eigenvalue weighted by atomic mass is 35.5. The number of carbonyl (C=O) groups excluding carboxylic acids is 2. The van der Waals surface area contributed by atoms with E-state index in [0.717, 1.165) is 12.1 Å². The molecule has 0 unspecified atom stereocenters. The highest BCUT2D eigenvalue weighted by Gasteiger charge is 2.32. The predicted molar refractivity (Wildman–Crippen MR) is 98.6 cm³/mol. The Morgan fingerprint density at radius 1 is 1.22 bits per heavy atom. The Morgan fingerprint density at radius 2 is 1.81 bits per heavy atom. The third kappa shape index (κ3) is 6.00. The number of hydrogen-bond acceptors (Lipinski definition) is 3. The number of anilines is 1. The number of likely N-dealkylation sites (tertiary alicyclic amines) is 1. The van der Waals surface area contributed by atoms with Crippen molar-refractivity contribution >= 4 is 30.0 Å². The number of nitrogens with one attached hydrogen (secondary N) is 1. The zero-order valence-corrected chi connectivity index (χ0v) is 16.0. The summed E-state index contributed by atoms with van der Waals surface area (Å²) in [6.07, 6.45) is -3.58. The van der Waals surface area contributed by atoms with Crippen LogP contribution in [0.4, 0.5) is 23.7 Å². The number of amides is 3. The second-order valence-electron chi connectivity index (χ2n) is 6.55. The van der Waals surface area contributed by atoms with Crippen molar-refractivity contribution in [1.82, 2.24) is 9.80 Å². The second-order valence-corrected chi connectivity index (χ2v) is 6.55. The van der Waals surface area contributed by atoms with E-state index in [2.05, 4.69) is 5.32 Å². The van der Waals surface area contributed by atoms with Gasteiger partial charge in [-0.25, -0.2) is 4.79 Å². The van der Waals surface area contributed by atoms with Crippen molar-refractivity contribution in [3.63, 3.8) is 0 Å². The van der Waals surface area contributed by atoms with E-state index in [0.29, 0.717) is 31.5 Å². The van der Waals surface area contributed by atoms with Gasteiger partial charge in [-0.3, -0.25) is 4.79 Å². The largest absolute Gasteiger partial charge is 0.416 e. The molecule has 6 nitrogen and oxygen atoms in total. The van der Waals surface area contributed by atoms with Gasteiger partial charge >= 0.3 is 12.2 Å². The number of urea groups is 1. The van der Waals surface area contributed by atoms with E-state index < -0.39 is 11.7 Å². The van der Waals surface area contributed by atoms with E-state index in [9.17, 15) is 22.8 Å². The van der Waals surface area contributed by atoms with Gasteiger partial charge in [0.2, 0.25) is 5.91 Å². The summed E-state index contributed by atoms with van der Waals surface area (Å²) in [4.78, 5) is 27.4. The summed E-state index contributed by atoms with van der Waals surface area (Å²) in [6, 6.07) is 3.20. The molecule has 1 aliphatic rings. The molecular weight excluding hydrogens is 385 g/mol. The molecule has 1 aromatic rings. The maximum Gasteiger partial charge on any atom is 0.416 e. The number of alkyl halides is 3. The predicted octanol–water partition coefficient (Wildman–Crippen LogP) is 2.92. The molecule has 2 rings (SSSR count). The zero-order valence-electron chi connectivity index (χ0n) is 15.2. The van der Waals surface area contributed by atoms with E-state index in [1.54, 1.807) is 19.0 Å². The number of carbonyl (C=O) groups is 2. The first kappa shape index (κ1) is 23.0. The van der Waals surface area contributed by atoms with E-state index in [1.165, 1.54) is 11.0 Å². The second kappa shape index (κ2) is 9.27. The van der Waals surface area contributed by atoms with Gasteiger partial charge in [-0.1, -0.05) is 0 Å². The standard InChI is InChI=1S/C17H23F3N4O2.ClH/c1-23(2)16(26)24-5-3-12(4-6-24)15(25)22-14-8-11(10-21)7-13(9-14)17(18,19)20;/h7-9,12H,3-6,10,21H2,1-2H3,(H,22,25);1H. The molecule has 3 amide bonds. The molecular formula is C17H24ClF3N4O2. The molecule has 0 aromatic heterocycles. The third-order valence-corrected chi connectivity index (χ3v) is 4.34. The van der Waals surface area contributed by atoms with Crippen molar-refractivity contribution < 1.29 is 22.8 Å². The fraction of sp³-hybridized carbons (Fsp3) is 0.529. The zero-order chi connectivity index (χ0) is 19.5. The minimum absolute atomic E-state index is 0. The van der Waals surface area contributed by atoms with Crippen LogP contribution in [-0.2, 0) is 17.5 Å². The van der Waals surface area contributed by atoms with E-state index in [4.69, 9.17) is 5.73 Å². The Hall–Kier alpha value is -2.00. The molecule has 1 saturated heterocycles. The average molecular weight is 409 g/mol. The minimum Gasteiger partial charge on any atom is -0.331 e. The van der Waals surface area contributed by atoms with Gasteiger partial charge in [0.05, 0.1) is 5.56 Å². The Balaban J connectivity index is 0.00000364. The SMILES string of the molecule is CN(C)C(=O)N1CCC(C(=O)Nc2cc(CN)cc(C(F)(F)F)c2)CC1.Cl. The van der Waals surface area contributed by atoms with Crippen molar-refractivity contribution in [3.8, 4) is 0 Å². The summed E-state index contributed by atoms with van der Waals surface area (Å²) in [7, 11) is 3.31. The van der Waals surface area contributed by atoms with E-state index in [-0.39, 0.29) is 42.5 Å². The van der Waals surface area contributed by atoms with Crippen LogP contribution in [0.1, 0.15) is 24.0 Å². The van der Waals surface area contributed by atoms with Gasteiger partial charge < -0.3 is 20.9 Å². The van der Waals surface area contributed by atoms with Crippen LogP contribution in [0.3, 0.4) is 0 Å². The smallest absolute Gasteiger partial charge is 0.331 e. The molecule has 0 radical (unpaired) electrons. The lowest BCUT2D eigenvalue weighted by Crippen LogP contribution is -2.45. The van der Waals surface area contributed by atoms with Crippen molar-refractivity contribution in [1.29, 1.82) is 0 Å². The van der Waals surface area contributed by atoms with Crippen molar-refractivity contribution in [2.24, 2.45) is 11.7 Å². The maximum atomic E-state index is 13.0. The van der Waals surface area contributed by atoms with Crippen LogP contribution in [0.5, 0.6) is 0 Å². The van der Waals surface area contributed by atoms with Gasteiger partial charge in [0, 0.05) is 45.3 Å². The molecule has 1 aromatic carbocycles. The van der Waals surface area contributed by atoms with Gasteiger partial charge in [-0.2, -0.15) is 13.2 Å². The van der Waals surface area contributed by atoms with Crippen LogP contribution in [-0.4, -0.2) is 48.9 Å². The Labute approximate surface area is 162 Å². The van der Waals surface area contributed by atoms with Crippen LogP contribution < -0.4 is 11.1 Å². The van der Waals surface area contributed by atoms with Crippen LogP contribution in [0.25, 0.3) is 0 Å². The molecule has 0 bridgehead atoms. The Bertz CT molecular complexity index is 675. The first-order chi connectivity index (χ1) is 12.1. The van der Waals surface area contributed by atoms with Crippen molar-refractivity contribution in [2.45, 2.75) is 25.6 Å². The van der Waals surface area contributed by atoms with Crippen LogP contribution in [0, 0.1) is 5.92 Å². The molecule has 3 N–H and O–H groups in total. The molecule has 10 heteroatoms. The van der Waals surface area contributed by atoms with E-state index in [1.807, 2.05) is 0 Å². The van der Waals surface area contributed by atoms with Crippen LogP contribution >= 0.6 is 12.4 Å². The number of piperidine rings is 1. The molecule has 0 spiro atoms. The molecule has 0 saturated carbocycles. The minimum atomic E-state index is -4.51. The van der Waals surface area contributed by atoms with Crippen molar-refractivity contribution in [3.05, 3.63) is 29.3 Å². The lowest BCUT2D eigenvalue weighted by Gasteiger charge is -2.33. The number of benzene rings is 1.